The maximum atomic E-state index is 14.1. The zero-order valence-electron chi connectivity index (χ0n) is 23.0. The lowest BCUT2D eigenvalue weighted by Gasteiger charge is -2.34. The Hall–Kier alpha value is -3.85. The first-order valence-corrected chi connectivity index (χ1v) is 14.8. The number of rotatable bonds is 13. The van der Waals surface area contributed by atoms with Crippen LogP contribution >= 0.6 is 0 Å². The Kier molecular flexibility index (Phi) is 10.5. The maximum absolute atomic E-state index is 14.1. The lowest BCUT2D eigenvalue weighted by molar-refractivity contribution is -0.140. The Labute approximate surface area is 231 Å². The molecule has 3 rings (SSSR count). The average molecular weight is 552 g/mol. The Bertz CT molecular complexity index is 1360. The molecule has 0 spiro atoms. The number of carbonyl (C=O) groups is 2. The zero-order valence-corrected chi connectivity index (χ0v) is 23.8. The summed E-state index contributed by atoms with van der Waals surface area (Å²) >= 11 is 0. The number of sulfonamides is 1. The van der Waals surface area contributed by atoms with Gasteiger partial charge in [0.15, 0.2) is 0 Å². The largest absolute Gasteiger partial charge is 0.497 e. The zero-order chi connectivity index (χ0) is 28.4. The normalized spacial score (nSPS) is 11.9. The molecule has 3 aromatic carbocycles. The molecule has 0 radical (unpaired) electrons. The minimum Gasteiger partial charge on any atom is -0.497 e. The number of methoxy groups -OCH3 is 1. The molecule has 208 valence electrons. The van der Waals surface area contributed by atoms with Gasteiger partial charge in [-0.05, 0) is 42.2 Å². The van der Waals surface area contributed by atoms with Crippen LogP contribution in [0.1, 0.15) is 30.0 Å². The second kappa shape index (κ2) is 13.8. The van der Waals surface area contributed by atoms with E-state index in [-0.39, 0.29) is 18.9 Å². The molecule has 39 heavy (non-hydrogen) atoms. The summed E-state index contributed by atoms with van der Waals surface area (Å²) in [6.45, 7) is 4.06. The highest BCUT2D eigenvalue weighted by Crippen LogP contribution is 2.24. The minimum absolute atomic E-state index is 0.151. The van der Waals surface area contributed by atoms with E-state index in [1.807, 2.05) is 68.4 Å². The molecular formula is C30H37N3O5S. The van der Waals surface area contributed by atoms with Gasteiger partial charge in [0.1, 0.15) is 18.3 Å². The van der Waals surface area contributed by atoms with Gasteiger partial charge < -0.3 is 15.0 Å². The van der Waals surface area contributed by atoms with Gasteiger partial charge >= 0.3 is 0 Å². The van der Waals surface area contributed by atoms with Crippen molar-refractivity contribution in [3.05, 3.63) is 95.6 Å². The first-order chi connectivity index (χ1) is 18.6. The molecule has 0 fully saturated rings. The molecule has 0 unspecified atom stereocenters. The highest BCUT2D eigenvalue weighted by molar-refractivity contribution is 7.92. The van der Waals surface area contributed by atoms with Gasteiger partial charge in [-0.3, -0.25) is 13.9 Å². The van der Waals surface area contributed by atoms with E-state index in [0.717, 1.165) is 33.7 Å². The molecule has 0 bridgehead atoms. The topological polar surface area (TPSA) is 96.0 Å². The quantitative estimate of drug-likeness (QED) is 0.347. The summed E-state index contributed by atoms with van der Waals surface area (Å²) in [6, 6.07) is 22.8. The van der Waals surface area contributed by atoms with Crippen LogP contribution in [0.5, 0.6) is 5.75 Å². The van der Waals surface area contributed by atoms with Gasteiger partial charge in [0, 0.05) is 25.6 Å². The summed E-state index contributed by atoms with van der Waals surface area (Å²) in [6.07, 6.45) is 2.08. The minimum atomic E-state index is -3.84. The van der Waals surface area contributed by atoms with Gasteiger partial charge in [-0.1, -0.05) is 67.6 Å². The molecule has 1 N–H and O–H groups in total. The van der Waals surface area contributed by atoms with E-state index in [0.29, 0.717) is 18.0 Å². The van der Waals surface area contributed by atoms with Gasteiger partial charge in [-0.25, -0.2) is 8.42 Å². The second-order valence-corrected chi connectivity index (χ2v) is 11.3. The highest BCUT2D eigenvalue weighted by atomic mass is 32.2. The Morgan fingerprint density at radius 2 is 1.67 bits per heavy atom. The molecule has 0 saturated heterocycles. The van der Waals surface area contributed by atoms with Crippen LogP contribution < -0.4 is 14.4 Å². The fraction of sp³-hybridized carbons (Fsp3) is 0.333. The number of ether oxygens (including phenoxy) is 1. The monoisotopic (exact) mass is 551 g/mol. The number of nitrogens with one attached hydrogen (secondary N) is 1. The van der Waals surface area contributed by atoms with Gasteiger partial charge in [-0.15, -0.1) is 0 Å². The van der Waals surface area contributed by atoms with Crippen LogP contribution in [0, 0.1) is 6.92 Å². The first-order valence-electron chi connectivity index (χ1n) is 12.9. The Morgan fingerprint density at radius 3 is 2.31 bits per heavy atom. The number of carbonyl (C=O) groups excluding carboxylic acids is 2. The molecule has 8 nitrogen and oxygen atoms in total. The standard InChI is InChI=1S/C30H37N3O5S/c1-5-18-31-30(35)28(19-24-13-7-6-8-14-24)32(21-25-15-10-9-12-23(25)2)29(34)22-33(39(4,36)37)26-16-11-17-27(20-26)38-3/h6-17,20,28H,5,18-19,21-22H2,1-4H3,(H,31,35)/t28-/m1/s1. The van der Waals surface area contributed by atoms with Crippen LogP contribution in [0.25, 0.3) is 0 Å². The fourth-order valence-electron chi connectivity index (χ4n) is 4.27. The molecule has 2 amide bonds. The Balaban J connectivity index is 2.05. The summed E-state index contributed by atoms with van der Waals surface area (Å²) in [5.41, 5.74) is 3.04. The second-order valence-electron chi connectivity index (χ2n) is 9.42. The number of hydrogen-bond acceptors (Lipinski definition) is 5. The van der Waals surface area contributed by atoms with Gasteiger partial charge in [0.05, 0.1) is 19.1 Å². The van der Waals surface area contributed by atoms with E-state index >= 15 is 0 Å². The third kappa shape index (κ3) is 8.32. The first kappa shape index (κ1) is 29.7. The molecular weight excluding hydrogens is 514 g/mol. The predicted octanol–water partition coefficient (Wildman–Crippen LogP) is 3.94. The molecule has 9 heteroatoms. The number of aryl methyl sites for hydroxylation is 1. The number of amides is 2. The lowest BCUT2D eigenvalue weighted by atomic mass is 10.0. The SMILES string of the molecule is CCCNC(=O)[C@@H](Cc1ccccc1)N(Cc1ccccc1C)C(=O)CN(c1cccc(OC)c1)S(C)(=O)=O. The van der Waals surface area contributed by atoms with Crippen molar-refractivity contribution in [2.75, 3.05) is 30.8 Å². The van der Waals surface area contributed by atoms with Crippen molar-refractivity contribution in [3.63, 3.8) is 0 Å². The third-order valence-electron chi connectivity index (χ3n) is 6.44. The van der Waals surface area contributed by atoms with Crippen LogP contribution in [0.3, 0.4) is 0 Å². The fourth-order valence-corrected chi connectivity index (χ4v) is 5.11. The van der Waals surface area contributed by atoms with Crippen molar-refractivity contribution in [1.29, 1.82) is 0 Å². The van der Waals surface area contributed by atoms with Crippen molar-refractivity contribution >= 4 is 27.5 Å². The van der Waals surface area contributed by atoms with Gasteiger partial charge in [-0.2, -0.15) is 0 Å². The van der Waals surface area contributed by atoms with Crippen molar-refractivity contribution in [2.24, 2.45) is 0 Å². The van der Waals surface area contributed by atoms with Crippen molar-refractivity contribution in [3.8, 4) is 5.75 Å². The lowest BCUT2D eigenvalue weighted by Crippen LogP contribution is -2.53. The summed E-state index contributed by atoms with van der Waals surface area (Å²) in [4.78, 5) is 29.1. The average Bonchev–Trinajstić information content (AvgIpc) is 2.93. The molecule has 3 aromatic rings. The van der Waals surface area contributed by atoms with E-state index in [2.05, 4.69) is 5.32 Å². The van der Waals surface area contributed by atoms with Crippen LogP contribution in [0.15, 0.2) is 78.9 Å². The predicted molar refractivity (Wildman–Crippen MR) is 154 cm³/mol. The van der Waals surface area contributed by atoms with E-state index in [9.17, 15) is 18.0 Å². The van der Waals surface area contributed by atoms with Crippen molar-refractivity contribution in [2.45, 2.75) is 39.3 Å². The molecule has 0 aliphatic carbocycles. The molecule has 0 heterocycles. The number of nitrogens with zero attached hydrogens (tertiary/aromatic N) is 2. The van der Waals surface area contributed by atoms with E-state index < -0.39 is 28.5 Å². The number of hydrogen-bond donors (Lipinski definition) is 1. The number of benzene rings is 3. The summed E-state index contributed by atoms with van der Waals surface area (Å²) in [5.74, 6) is -0.305. The highest BCUT2D eigenvalue weighted by Gasteiger charge is 2.33. The summed E-state index contributed by atoms with van der Waals surface area (Å²) in [7, 11) is -2.35. The van der Waals surface area contributed by atoms with Crippen LogP contribution in [0.2, 0.25) is 0 Å². The molecule has 0 saturated carbocycles. The van der Waals surface area contributed by atoms with E-state index in [1.54, 1.807) is 24.3 Å². The van der Waals surface area contributed by atoms with E-state index in [1.165, 1.54) is 12.0 Å². The maximum Gasteiger partial charge on any atom is 0.244 e. The Morgan fingerprint density at radius 1 is 0.974 bits per heavy atom. The summed E-state index contributed by atoms with van der Waals surface area (Å²) in [5, 5.41) is 2.94. The molecule has 0 aromatic heterocycles. The van der Waals surface area contributed by atoms with Gasteiger partial charge in [0.25, 0.3) is 0 Å². The molecule has 0 aliphatic rings. The van der Waals surface area contributed by atoms with Crippen LogP contribution in [-0.4, -0.2) is 57.6 Å². The van der Waals surface area contributed by atoms with Crippen LogP contribution in [-0.2, 0) is 32.6 Å². The summed E-state index contributed by atoms with van der Waals surface area (Å²) < 4.78 is 32.1. The molecule has 1 atom stereocenters. The third-order valence-corrected chi connectivity index (χ3v) is 7.58. The van der Waals surface area contributed by atoms with Crippen LogP contribution in [0.4, 0.5) is 5.69 Å². The van der Waals surface area contributed by atoms with Crippen molar-refractivity contribution in [1.82, 2.24) is 10.2 Å². The smallest absolute Gasteiger partial charge is 0.244 e. The van der Waals surface area contributed by atoms with Crippen molar-refractivity contribution < 1.29 is 22.7 Å². The van der Waals surface area contributed by atoms with Gasteiger partial charge in [0.2, 0.25) is 21.8 Å². The molecule has 0 aliphatic heterocycles. The van der Waals surface area contributed by atoms with E-state index in [4.69, 9.17) is 4.74 Å². The number of anilines is 1.